The SMILES string of the molecule is CNC(=N)N1C[CH]CCC1. The fourth-order valence-electron chi connectivity index (χ4n) is 1.13. The maximum absolute atomic E-state index is 7.43. The Morgan fingerprint density at radius 1 is 1.70 bits per heavy atom. The van der Waals surface area contributed by atoms with Gasteiger partial charge in [0.2, 0.25) is 0 Å². The van der Waals surface area contributed by atoms with E-state index in [4.69, 9.17) is 5.41 Å². The minimum Gasteiger partial charge on any atom is -0.359 e. The largest absolute Gasteiger partial charge is 0.359 e. The Kier molecular flexibility index (Phi) is 2.54. The van der Waals surface area contributed by atoms with E-state index in [0.717, 1.165) is 13.1 Å². The fraction of sp³-hybridized carbons (Fsp3) is 0.714. The normalized spacial score (nSPS) is 18.7. The number of piperidine rings is 1. The summed E-state index contributed by atoms with van der Waals surface area (Å²) in [6.07, 6.45) is 4.60. The van der Waals surface area contributed by atoms with E-state index in [2.05, 4.69) is 11.7 Å². The number of nitrogens with one attached hydrogen (secondary N) is 2. The number of likely N-dealkylation sites (tertiary alicyclic amines) is 1. The third-order valence-corrected chi connectivity index (χ3v) is 1.74. The molecule has 0 atom stereocenters. The predicted molar refractivity (Wildman–Crippen MR) is 41.9 cm³/mol. The van der Waals surface area contributed by atoms with E-state index in [-0.39, 0.29) is 0 Å². The second-order valence-corrected chi connectivity index (χ2v) is 2.48. The molecule has 2 N–H and O–H groups in total. The molecular formula is C7H14N3. The number of rotatable bonds is 0. The van der Waals surface area contributed by atoms with E-state index in [9.17, 15) is 0 Å². The van der Waals surface area contributed by atoms with E-state index in [1.807, 2.05) is 4.90 Å². The molecule has 1 rings (SSSR count). The van der Waals surface area contributed by atoms with Crippen LogP contribution < -0.4 is 5.32 Å². The summed E-state index contributed by atoms with van der Waals surface area (Å²) in [6.45, 7) is 1.95. The standard InChI is InChI=1S/C7H14N3/c1-9-7(8)10-5-3-2-4-6-10/h3H,2,4-6H2,1H3,(H2,8,9). The Morgan fingerprint density at radius 3 is 3.00 bits per heavy atom. The van der Waals surface area contributed by atoms with Crippen molar-refractivity contribution in [2.75, 3.05) is 20.1 Å². The van der Waals surface area contributed by atoms with Gasteiger partial charge in [-0.1, -0.05) is 0 Å². The molecule has 10 heavy (non-hydrogen) atoms. The van der Waals surface area contributed by atoms with Crippen LogP contribution in [0.15, 0.2) is 0 Å². The van der Waals surface area contributed by atoms with Crippen molar-refractivity contribution in [3.05, 3.63) is 6.42 Å². The van der Waals surface area contributed by atoms with Gasteiger partial charge in [-0.05, 0) is 19.3 Å². The van der Waals surface area contributed by atoms with Crippen LogP contribution in [0.25, 0.3) is 0 Å². The van der Waals surface area contributed by atoms with Crippen molar-refractivity contribution in [3.8, 4) is 0 Å². The second-order valence-electron chi connectivity index (χ2n) is 2.48. The molecule has 0 bridgehead atoms. The van der Waals surface area contributed by atoms with Crippen LogP contribution in [-0.2, 0) is 0 Å². The summed E-state index contributed by atoms with van der Waals surface area (Å²) >= 11 is 0. The van der Waals surface area contributed by atoms with Gasteiger partial charge in [0.05, 0.1) is 0 Å². The van der Waals surface area contributed by atoms with Crippen molar-refractivity contribution in [2.24, 2.45) is 0 Å². The minimum absolute atomic E-state index is 0.538. The third-order valence-electron chi connectivity index (χ3n) is 1.74. The predicted octanol–water partition coefficient (Wildman–Crippen LogP) is 0.441. The lowest BCUT2D eigenvalue weighted by molar-refractivity contribution is 0.381. The highest BCUT2D eigenvalue weighted by Crippen LogP contribution is 2.06. The summed E-state index contributed by atoms with van der Waals surface area (Å²) in [4.78, 5) is 2.03. The van der Waals surface area contributed by atoms with Crippen molar-refractivity contribution in [1.82, 2.24) is 10.2 Å². The van der Waals surface area contributed by atoms with Gasteiger partial charge in [0.15, 0.2) is 5.96 Å². The van der Waals surface area contributed by atoms with Crippen molar-refractivity contribution in [2.45, 2.75) is 12.8 Å². The van der Waals surface area contributed by atoms with Gasteiger partial charge in [-0.2, -0.15) is 0 Å². The average molecular weight is 140 g/mol. The van der Waals surface area contributed by atoms with Crippen LogP contribution in [0.3, 0.4) is 0 Å². The number of guanidine groups is 1. The van der Waals surface area contributed by atoms with E-state index in [1.54, 1.807) is 7.05 Å². The Labute approximate surface area is 61.9 Å². The van der Waals surface area contributed by atoms with Crippen LogP contribution in [0.2, 0.25) is 0 Å². The first-order valence-electron chi connectivity index (χ1n) is 3.67. The molecular weight excluding hydrogens is 126 g/mol. The smallest absolute Gasteiger partial charge is 0.190 e. The van der Waals surface area contributed by atoms with Gasteiger partial charge in [-0.25, -0.2) is 0 Å². The first-order valence-corrected chi connectivity index (χ1v) is 3.67. The molecule has 1 fully saturated rings. The van der Waals surface area contributed by atoms with Gasteiger partial charge in [-0.15, -0.1) is 0 Å². The van der Waals surface area contributed by atoms with Crippen LogP contribution in [-0.4, -0.2) is 31.0 Å². The Balaban J connectivity index is 2.31. The monoisotopic (exact) mass is 140 g/mol. The summed E-state index contributed by atoms with van der Waals surface area (Å²) in [5, 5.41) is 10.3. The first kappa shape index (κ1) is 7.38. The Bertz CT molecular complexity index is 116. The fourth-order valence-corrected chi connectivity index (χ4v) is 1.13. The van der Waals surface area contributed by atoms with Gasteiger partial charge in [0.25, 0.3) is 0 Å². The van der Waals surface area contributed by atoms with Crippen LogP contribution in [0, 0.1) is 11.8 Å². The molecule has 1 aliphatic heterocycles. The molecule has 57 valence electrons. The van der Waals surface area contributed by atoms with Gasteiger partial charge in [-0.3, -0.25) is 5.41 Å². The summed E-state index contributed by atoms with van der Waals surface area (Å²) in [7, 11) is 1.79. The van der Waals surface area contributed by atoms with Crippen LogP contribution in [0.1, 0.15) is 12.8 Å². The zero-order valence-electron chi connectivity index (χ0n) is 6.35. The molecule has 0 aromatic heterocycles. The van der Waals surface area contributed by atoms with Gasteiger partial charge in [0.1, 0.15) is 0 Å². The molecule has 0 aromatic rings. The third kappa shape index (κ3) is 1.62. The number of hydrogen-bond donors (Lipinski definition) is 2. The lowest BCUT2D eigenvalue weighted by Crippen LogP contribution is -2.41. The van der Waals surface area contributed by atoms with E-state index < -0.39 is 0 Å². The van der Waals surface area contributed by atoms with Gasteiger partial charge >= 0.3 is 0 Å². The molecule has 0 saturated carbocycles. The lowest BCUT2D eigenvalue weighted by atomic mass is 10.1. The number of hydrogen-bond acceptors (Lipinski definition) is 1. The minimum atomic E-state index is 0.538. The molecule has 1 radical (unpaired) electrons. The Hall–Kier alpha value is -0.730. The molecule has 0 aromatic carbocycles. The molecule has 1 saturated heterocycles. The topological polar surface area (TPSA) is 39.1 Å². The average Bonchev–Trinajstić information content (AvgIpc) is 2.05. The quantitative estimate of drug-likeness (QED) is 0.378. The van der Waals surface area contributed by atoms with Crippen molar-refractivity contribution < 1.29 is 0 Å². The van der Waals surface area contributed by atoms with Crippen molar-refractivity contribution in [1.29, 1.82) is 5.41 Å². The maximum Gasteiger partial charge on any atom is 0.190 e. The summed E-state index contributed by atoms with van der Waals surface area (Å²) in [5.74, 6) is 0.538. The second kappa shape index (κ2) is 3.44. The molecule has 3 heteroatoms. The van der Waals surface area contributed by atoms with Crippen molar-refractivity contribution in [3.63, 3.8) is 0 Å². The number of nitrogens with zero attached hydrogens (tertiary/aromatic N) is 1. The summed E-state index contributed by atoms with van der Waals surface area (Å²) in [5.41, 5.74) is 0. The summed E-state index contributed by atoms with van der Waals surface area (Å²) in [6, 6.07) is 0. The van der Waals surface area contributed by atoms with Crippen LogP contribution >= 0.6 is 0 Å². The van der Waals surface area contributed by atoms with Gasteiger partial charge in [0, 0.05) is 20.1 Å². The van der Waals surface area contributed by atoms with E-state index in [0.29, 0.717) is 5.96 Å². The van der Waals surface area contributed by atoms with Crippen LogP contribution in [0.4, 0.5) is 0 Å². The first-order chi connectivity index (χ1) is 4.84. The lowest BCUT2D eigenvalue weighted by Gasteiger charge is -2.27. The highest BCUT2D eigenvalue weighted by atomic mass is 15.3. The maximum atomic E-state index is 7.43. The highest BCUT2D eigenvalue weighted by Gasteiger charge is 2.11. The Morgan fingerprint density at radius 2 is 2.50 bits per heavy atom. The molecule has 0 spiro atoms. The zero-order valence-corrected chi connectivity index (χ0v) is 6.35. The van der Waals surface area contributed by atoms with Crippen LogP contribution in [0.5, 0.6) is 0 Å². The highest BCUT2D eigenvalue weighted by molar-refractivity contribution is 5.76. The summed E-state index contributed by atoms with van der Waals surface area (Å²) < 4.78 is 0. The molecule has 0 aliphatic carbocycles. The molecule has 0 unspecified atom stereocenters. The zero-order chi connectivity index (χ0) is 7.40. The molecule has 1 aliphatic rings. The molecule has 1 heterocycles. The van der Waals surface area contributed by atoms with Gasteiger partial charge < -0.3 is 10.2 Å². The van der Waals surface area contributed by atoms with Crippen molar-refractivity contribution >= 4 is 5.96 Å². The molecule has 0 amide bonds. The van der Waals surface area contributed by atoms with E-state index in [1.165, 1.54) is 12.8 Å². The van der Waals surface area contributed by atoms with E-state index >= 15 is 0 Å². The molecule has 3 nitrogen and oxygen atoms in total.